The lowest BCUT2D eigenvalue weighted by Crippen LogP contribution is -2.24. The number of phenolic OH excluding ortho intramolecular Hbond substituents is 1. The molecule has 2 aromatic rings. The van der Waals surface area contributed by atoms with Crippen LogP contribution in [0, 0.1) is 0 Å². The van der Waals surface area contributed by atoms with Crippen molar-refractivity contribution in [3.63, 3.8) is 0 Å². The van der Waals surface area contributed by atoms with Crippen LogP contribution in [0.4, 0.5) is 5.69 Å². The fourth-order valence-corrected chi connectivity index (χ4v) is 1.95. The topological polar surface area (TPSA) is 94.3 Å². The standard InChI is InChI=1S/C14H17N3O2/c15-6-2-7-17-8-5-12(13(16)14(17)19)10-3-1-4-11(18)9-10/h1,3-5,8-9,18H,2,6-7,15-16H2. The van der Waals surface area contributed by atoms with Gasteiger partial charge in [-0.3, -0.25) is 4.79 Å². The van der Waals surface area contributed by atoms with Crippen molar-refractivity contribution in [3.05, 3.63) is 46.9 Å². The minimum absolute atomic E-state index is 0.143. The first-order valence-electron chi connectivity index (χ1n) is 6.12. The minimum Gasteiger partial charge on any atom is -0.508 e. The first-order valence-corrected chi connectivity index (χ1v) is 6.12. The van der Waals surface area contributed by atoms with Crippen molar-refractivity contribution in [2.75, 3.05) is 12.3 Å². The van der Waals surface area contributed by atoms with Crippen LogP contribution in [0.25, 0.3) is 11.1 Å². The number of aromatic nitrogens is 1. The lowest BCUT2D eigenvalue weighted by Gasteiger charge is -2.10. The van der Waals surface area contributed by atoms with Crippen molar-refractivity contribution in [1.29, 1.82) is 0 Å². The van der Waals surface area contributed by atoms with Gasteiger partial charge in [0.2, 0.25) is 0 Å². The monoisotopic (exact) mass is 259 g/mol. The van der Waals surface area contributed by atoms with Gasteiger partial charge in [0.15, 0.2) is 0 Å². The van der Waals surface area contributed by atoms with Crippen molar-refractivity contribution in [2.24, 2.45) is 5.73 Å². The minimum atomic E-state index is -0.228. The molecule has 5 nitrogen and oxygen atoms in total. The third-order valence-electron chi connectivity index (χ3n) is 2.96. The summed E-state index contributed by atoms with van der Waals surface area (Å²) in [7, 11) is 0. The summed E-state index contributed by atoms with van der Waals surface area (Å²) in [5.74, 6) is 0.143. The maximum atomic E-state index is 12.1. The molecule has 5 heteroatoms. The number of hydrogen-bond acceptors (Lipinski definition) is 4. The smallest absolute Gasteiger partial charge is 0.274 e. The molecule has 1 aromatic carbocycles. The zero-order chi connectivity index (χ0) is 13.8. The van der Waals surface area contributed by atoms with Crippen molar-refractivity contribution in [3.8, 4) is 16.9 Å². The molecule has 0 atom stereocenters. The van der Waals surface area contributed by atoms with Gasteiger partial charge in [0.25, 0.3) is 5.56 Å². The van der Waals surface area contributed by atoms with Gasteiger partial charge in [-0.15, -0.1) is 0 Å². The number of anilines is 1. The van der Waals surface area contributed by atoms with Gasteiger partial charge in [-0.25, -0.2) is 0 Å². The molecule has 0 bridgehead atoms. The van der Waals surface area contributed by atoms with Gasteiger partial charge >= 0.3 is 0 Å². The normalized spacial score (nSPS) is 10.6. The van der Waals surface area contributed by atoms with Gasteiger partial charge in [0, 0.05) is 18.3 Å². The summed E-state index contributed by atoms with van der Waals surface area (Å²) in [6, 6.07) is 8.44. The van der Waals surface area contributed by atoms with Crippen LogP contribution in [0.1, 0.15) is 6.42 Å². The zero-order valence-electron chi connectivity index (χ0n) is 10.5. The molecule has 0 saturated carbocycles. The van der Waals surface area contributed by atoms with Gasteiger partial charge in [-0.05, 0) is 36.7 Å². The van der Waals surface area contributed by atoms with E-state index >= 15 is 0 Å². The molecular weight excluding hydrogens is 242 g/mol. The molecule has 1 aromatic heterocycles. The van der Waals surface area contributed by atoms with Crippen LogP contribution in [0.3, 0.4) is 0 Å². The SMILES string of the molecule is NCCCn1ccc(-c2cccc(O)c2)c(N)c1=O. The highest BCUT2D eigenvalue weighted by Crippen LogP contribution is 2.25. The van der Waals surface area contributed by atoms with E-state index in [9.17, 15) is 9.90 Å². The molecule has 19 heavy (non-hydrogen) atoms. The number of nitrogens with zero attached hydrogens (tertiary/aromatic N) is 1. The fraction of sp³-hybridized carbons (Fsp3) is 0.214. The predicted octanol–water partition coefficient (Wildman–Crippen LogP) is 1.15. The molecule has 0 aliphatic heterocycles. The van der Waals surface area contributed by atoms with E-state index in [0.717, 1.165) is 12.0 Å². The number of phenols is 1. The van der Waals surface area contributed by atoms with Crippen LogP contribution < -0.4 is 17.0 Å². The molecular formula is C14H17N3O2. The summed E-state index contributed by atoms with van der Waals surface area (Å²) in [6.07, 6.45) is 2.43. The van der Waals surface area contributed by atoms with E-state index in [2.05, 4.69) is 0 Å². The Morgan fingerprint density at radius 3 is 2.74 bits per heavy atom. The molecule has 0 radical (unpaired) electrons. The van der Waals surface area contributed by atoms with Crippen LogP contribution >= 0.6 is 0 Å². The van der Waals surface area contributed by atoms with E-state index in [1.807, 2.05) is 0 Å². The second-order valence-corrected chi connectivity index (χ2v) is 4.33. The van der Waals surface area contributed by atoms with Gasteiger partial charge in [0.1, 0.15) is 11.4 Å². The first-order chi connectivity index (χ1) is 9.13. The molecule has 0 amide bonds. The summed E-state index contributed by atoms with van der Waals surface area (Å²) >= 11 is 0. The quantitative estimate of drug-likeness (QED) is 0.767. The maximum Gasteiger partial charge on any atom is 0.274 e. The van der Waals surface area contributed by atoms with Crippen molar-refractivity contribution >= 4 is 5.69 Å². The van der Waals surface area contributed by atoms with Crippen molar-refractivity contribution in [2.45, 2.75) is 13.0 Å². The summed E-state index contributed by atoms with van der Waals surface area (Å²) in [5, 5.41) is 9.47. The highest BCUT2D eigenvalue weighted by molar-refractivity contribution is 5.76. The Kier molecular flexibility index (Phi) is 3.87. The highest BCUT2D eigenvalue weighted by Gasteiger charge is 2.09. The zero-order valence-corrected chi connectivity index (χ0v) is 10.5. The lowest BCUT2D eigenvalue weighted by molar-refractivity contribution is 0.475. The lowest BCUT2D eigenvalue weighted by atomic mass is 10.1. The third-order valence-corrected chi connectivity index (χ3v) is 2.96. The molecule has 2 rings (SSSR count). The maximum absolute atomic E-state index is 12.1. The Morgan fingerprint density at radius 2 is 2.05 bits per heavy atom. The van der Waals surface area contributed by atoms with E-state index in [1.54, 1.807) is 41.1 Å². The first kappa shape index (κ1) is 13.2. The number of nitrogens with two attached hydrogens (primary N) is 2. The Labute approximate surface area is 111 Å². The Hall–Kier alpha value is -2.27. The molecule has 0 saturated heterocycles. The fourth-order valence-electron chi connectivity index (χ4n) is 1.95. The van der Waals surface area contributed by atoms with Gasteiger partial charge in [-0.1, -0.05) is 12.1 Å². The highest BCUT2D eigenvalue weighted by atomic mass is 16.3. The van der Waals surface area contributed by atoms with E-state index in [-0.39, 0.29) is 17.0 Å². The van der Waals surface area contributed by atoms with E-state index in [0.29, 0.717) is 18.7 Å². The summed E-state index contributed by atoms with van der Waals surface area (Å²) in [4.78, 5) is 12.1. The van der Waals surface area contributed by atoms with Crippen LogP contribution in [0.15, 0.2) is 41.3 Å². The van der Waals surface area contributed by atoms with E-state index in [1.165, 1.54) is 0 Å². The molecule has 0 aliphatic rings. The molecule has 1 heterocycles. The number of aromatic hydroxyl groups is 1. The Balaban J connectivity index is 2.44. The average Bonchev–Trinajstić information content (AvgIpc) is 2.40. The van der Waals surface area contributed by atoms with E-state index in [4.69, 9.17) is 11.5 Å². The van der Waals surface area contributed by atoms with Gasteiger partial charge < -0.3 is 21.1 Å². The largest absolute Gasteiger partial charge is 0.508 e. The second kappa shape index (κ2) is 5.58. The number of benzene rings is 1. The molecule has 0 aliphatic carbocycles. The average molecular weight is 259 g/mol. The van der Waals surface area contributed by atoms with Crippen LogP contribution in [-0.2, 0) is 6.54 Å². The molecule has 0 fully saturated rings. The second-order valence-electron chi connectivity index (χ2n) is 4.33. The van der Waals surface area contributed by atoms with Gasteiger partial charge in [-0.2, -0.15) is 0 Å². The van der Waals surface area contributed by atoms with E-state index < -0.39 is 0 Å². The van der Waals surface area contributed by atoms with Crippen molar-refractivity contribution in [1.82, 2.24) is 4.57 Å². The number of pyridine rings is 1. The number of hydrogen-bond donors (Lipinski definition) is 3. The molecule has 0 unspecified atom stereocenters. The Bertz CT molecular complexity index is 635. The Morgan fingerprint density at radius 1 is 1.26 bits per heavy atom. The summed E-state index contributed by atoms with van der Waals surface area (Å²) in [6.45, 7) is 1.08. The van der Waals surface area contributed by atoms with Crippen LogP contribution in [0.2, 0.25) is 0 Å². The van der Waals surface area contributed by atoms with Crippen molar-refractivity contribution < 1.29 is 5.11 Å². The number of nitrogen functional groups attached to an aromatic ring is 1. The molecule has 0 spiro atoms. The van der Waals surface area contributed by atoms with Gasteiger partial charge in [0.05, 0.1) is 0 Å². The predicted molar refractivity (Wildman–Crippen MR) is 75.9 cm³/mol. The summed E-state index contributed by atoms with van der Waals surface area (Å²) in [5.41, 5.74) is 12.6. The summed E-state index contributed by atoms with van der Waals surface area (Å²) < 4.78 is 1.55. The molecule has 100 valence electrons. The number of aryl methyl sites for hydroxylation is 1. The third kappa shape index (κ3) is 2.77. The molecule has 5 N–H and O–H groups in total. The van der Waals surface area contributed by atoms with Crippen LogP contribution in [-0.4, -0.2) is 16.2 Å². The number of rotatable bonds is 4. The van der Waals surface area contributed by atoms with Crippen LogP contribution in [0.5, 0.6) is 5.75 Å².